The van der Waals surface area contributed by atoms with Crippen molar-refractivity contribution in [1.82, 2.24) is 14.4 Å². The average Bonchev–Trinajstić information content (AvgIpc) is 2.88. The van der Waals surface area contributed by atoms with Crippen molar-refractivity contribution in [2.45, 2.75) is 23.8 Å². The van der Waals surface area contributed by atoms with E-state index in [9.17, 15) is 27.9 Å². The molecule has 0 spiro atoms. The zero-order valence-electron chi connectivity index (χ0n) is 20.3. The lowest BCUT2D eigenvalue weighted by Crippen LogP contribution is -2.78. The molecule has 0 aliphatic heterocycles. The van der Waals surface area contributed by atoms with Gasteiger partial charge >= 0.3 is 11.9 Å². The summed E-state index contributed by atoms with van der Waals surface area (Å²) in [6, 6.07) is 11.4. The fraction of sp³-hybridized carbons (Fsp3) is 0.250. The van der Waals surface area contributed by atoms with Crippen LogP contribution < -0.4 is 36.8 Å². The number of unbranched alkanes of at least 4 members (excludes halogenated alkanes) is 1. The number of amides is 1. The summed E-state index contributed by atoms with van der Waals surface area (Å²) in [6.45, 7) is 0.459. The number of fused-ring (bicyclic) bond motifs is 1. The standard InChI is InChI=1S/C24H28N6O7S/c25-24(26)27-9-4-5-11-37-18-8-10-30-17(14-18)12-16(13-21(30)31)22(32)28-15-20(23(33)34)29-38(35,36)19-6-2-1-3-7-19/h1-3,6-8,10,12-14,20,29H,4-5,9,11,15H2,(H,28,32)(H,33,34)(H4,25,26,27)/p+1. The van der Waals surface area contributed by atoms with Gasteiger partial charge in [-0.05, 0) is 37.1 Å². The molecule has 3 aromatic rings. The van der Waals surface area contributed by atoms with Crippen LogP contribution in [0.4, 0.5) is 0 Å². The Labute approximate surface area is 218 Å². The molecule has 0 radical (unpaired) electrons. The van der Waals surface area contributed by atoms with E-state index in [1.54, 1.807) is 18.2 Å². The molecule has 0 aliphatic rings. The molecular formula is C24H29N6O7S+. The third-order valence-corrected chi connectivity index (χ3v) is 6.81. The predicted octanol–water partition coefficient (Wildman–Crippen LogP) is -2.03. The molecule has 38 heavy (non-hydrogen) atoms. The number of benzene rings is 1. The van der Waals surface area contributed by atoms with Gasteiger partial charge in [-0.15, -0.1) is 0 Å². The van der Waals surface area contributed by atoms with E-state index >= 15 is 0 Å². The lowest BCUT2D eigenvalue weighted by atomic mass is 10.2. The smallest absolute Gasteiger partial charge is 0.338 e. The highest BCUT2D eigenvalue weighted by Gasteiger charge is 2.26. The van der Waals surface area contributed by atoms with Crippen LogP contribution in [0.5, 0.6) is 5.75 Å². The summed E-state index contributed by atoms with van der Waals surface area (Å²) in [4.78, 5) is 39.6. The molecule has 1 aromatic carbocycles. The monoisotopic (exact) mass is 545 g/mol. The molecular weight excluding hydrogens is 516 g/mol. The van der Waals surface area contributed by atoms with Gasteiger partial charge in [-0.1, -0.05) is 18.2 Å². The third-order valence-electron chi connectivity index (χ3n) is 5.32. The molecule has 0 bridgehead atoms. The second-order valence-corrected chi connectivity index (χ2v) is 9.93. The molecule has 8 N–H and O–H groups in total. The van der Waals surface area contributed by atoms with E-state index in [0.29, 0.717) is 24.4 Å². The summed E-state index contributed by atoms with van der Waals surface area (Å²) in [5, 5.41) is 11.8. The minimum atomic E-state index is -4.14. The maximum absolute atomic E-state index is 12.7. The van der Waals surface area contributed by atoms with E-state index in [-0.39, 0.29) is 16.4 Å². The van der Waals surface area contributed by atoms with Crippen LogP contribution in [0.2, 0.25) is 0 Å². The highest BCUT2D eigenvalue weighted by Crippen LogP contribution is 2.15. The first-order valence-corrected chi connectivity index (χ1v) is 13.0. The number of nitrogens with one attached hydrogen (secondary N) is 3. The van der Waals surface area contributed by atoms with E-state index in [4.69, 9.17) is 16.2 Å². The number of guanidine groups is 1. The van der Waals surface area contributed by atoms with Gasteiger partial charge in [0, 0.05) is 30.4 Å². The third kappa shape index (κ3) is 7.78. The van der Waals surface area contributed by atoms with E-state index < -0.39 is 40.0 Å². The van der Waals surface area contributed by atoms with Crippen LogP contribution >= 0.6 is 0 Å². The SMILES string of the molecule is NC(N)=[NH+]CCCCOc1ccn2c(=O)cc(C(=O)NCC(NS(=O)(=O)c3ccccc3)C(=O)O)cc2c1. The summed E-state index contributed by atoms with van der Waals surface area (Å²) in [7, 11) is -4.14. The Morgan fingerprint density at radius 1 is 1.08 bits per heavy atom. The maximum Gasteiger partial charge on any atom is 0.338 e. The fourth-order valence-corrected chi connectivity index (χ4v) is 4.63. The summed E-state index contributed by atoms with van der Waals surface area (Å²) < 4.78 is 34.0. The molecule has 1 amide bonds. The normalized spacial score (nSPS) is 12.0. The van der Waals surface area contributed by atoms with Crippen molar-refractivity contribution in [3.63, 3.8) is 0 Å². The van der Waals surface area contributed by atoms with Crippen molar-refractivity contribution < 1.29 is 32.8 Å². The number of sulfonamides is 1. The number of rotatable bonds is 13. The second kappa shape index (κ2) is 12.7. The molecule has 0 aliphatic carbocycles. The molecule has 0 saturated carbocycles. The van der Waals surface area contributed by atoms with E-state index in [1.165, 1.54) is 40.9 Å². The van der Waals surface area contributed by atoms with Gasteiger partial charge in [0.05, 0.1) is 23.6 Å². The van der Waals surface area contributed by atoms with E-state index in [1.807, 2.05) is 0 Å². The lowest BCUT2D eigenvalue weighted by molar-refractivity contribution is -0.459. The Morgan fingerprint density at radius 3 is 2.50 bits per heavy atom. The summed E-state index contributed by atoms with van der Waals surface area (Å²) in [6.07, 6.45) is 3.01. The first-order valence-electron chi connectivity index (χ1n) is 11.6. The highest BCUT2D eigenvalue weighted by atomic mass is 32.2. The molecule has 2 heterocycles. The summed E-state index contributed by atoms with van der Waals surface area (Å²) in [5.41, 5.74) is 10.5. The van der Waals surface area contributed by atoms with Crippen molar-refractivity contribution in [1.29, 1.82) is 0 Å². The number of hydrogen-bond donors (Lipinski definition) is 6. The van der Waals surface area contributed by atoms with Crippen LogP contribution in [0, 0.1) is 0 Å². The van der Waals surface area contributed by atoms with Crippen LogP contribution in [0.15, 0.2) is 70.5 Å². The summed E-state index contributed by atoms with van der Waals surface area (Å²) in [5.74, 6) is -1.59. The van der Waals surface area contributed by atoms with Crippen molar-refractivity contribution in [2.24, 2.45) is 11.5 Å². The Morgan fingerprint density at radius 2 is 1.82 bits per heavy atom. The van der Waals surface area contributed by atoms with E-state index in [2.05, 4.69) is 15.0 Å². The van der Waals surface area contributed by atoms with Crippen LogP contribution in [0.25, 0.3) is 5.52 Å². The molecule has 1 atom stereocenters. The molecule has 2 aromatic heterocycles. The van der Waals surface area contributed by atoms with Gasteiger partial charge in [-0.25, -0.2) is 8.42 Å². The number of ether oxygens (including phenoxy) is 1. The number of carbonyl (C=O) groups is 2. The Kier molecular flexibility index (Phi) is 9.40. The van der Waals surface area contributed by atoms with Gasteiger partial charge in [-0.2, -0.15) is 4.72 Å². The van der Waals surface area contributed by atoms with E-state index in [0.717, 1.165) is 18.9 Å². The first kappa shape index (κ1) is 28.1. The molecule has 14 heteroatoms. The number of pyridine rings is 2. The van der Waals surface area contributed by atoms with Crippen LogP contribution in [0.1, 0.15) is 23.2 Å². The number of carboxylic acid groups (broad SMARTS) is 1. The number of aliphatic carboxylic acids is 1. The van der Waals surface area contributed by atoms with Gasteiger partial charge in [0.15, 0.2) is 0 Å². The zero-order chi connectivity index (χ0) is 27.7. The number of carboxylic acids is 1. The molecule has 13 nitrogen and oxygen atoms in total. The van der Waals surface area contributed by atoms with Crippen molar-refractivity contribution in [3.8, 4) is 5.75 Å². The summed E-state index contributed by atoms with van der Waals surface area (Å²) >= 11 is 0. The number of nitrogens with zero attached hydrogens (tertiary/aromatic N) is 1. The van der Waals surface area contributed by atoms with Gasteiger partial charge < -0.3 is 15.2 Å². The van der Waals surface area contributed by atoms with Crippen LogP contribution in [0.3, 0.4) is 0 Å². The van der Waals surface area contributed by atoms with Crippen molar-refractivity contribution in [2.75, 3.05) is 19.7 Å². The average molecular weight is 546 g/mol. The van der Waals surface area contributed by atoms with Gasteiger partial charge in [0.2, 0.25) is 10.0 Å². The molecule has 1 unspecified atom stereocenters. The molecule has 202 valence electrons. The minimum absolute atomic E-state index is 0.0242. The molecule has 0 fully saturated rings. The second-order valence-electron chi connectivity index (χ2n) is 8.21. The lowest BCUT2D eigenvalue weighted by Gasteiger charge is -2.16. The number of carbonyl (C=O) groups excluding carboxylic acids is 1. The van der Waals surface area contributed by atoms with Gasteiger partial charge in [0.1, 0.15) is 11.8 Å². The quantitative estimate of drug-likeness (QED) is 0.0794. The van der Waals surface area contributed by atoms with Crippen molar-refractivity contribution >= 4 is 33.4 Å². The van der Waals surface area contributed by atoms with Crippen LogP contribution in [-0.2, 0) is 14.8 Å². The zero-order valence-corrected chi connectivity index (χ0v) is 21.1. The van der Waals surface area contributed by atoms with Crippen LogP contribution in [-0.4, -0.2) is 61.5 Å². The van der Waals surface area contributed by atoms with Gasteiger partial charge in [-0.3, -0.25) is 35.2 Å². The maximum atomic E-state index is 12.7. The molecule has 0 saturated heterocycles. The highest BCUT2D eigenvalue weighted by molar-refractivity contribution is 7.89. The number of nitrogens with two attached hydrogens (primary N) is 2. The van der Waals surface area contributed by atoms with Gasteiger partial charge in [0.25, 0.3) is 11.5 Å². The van der Waals surface area contributed by atoms with Crippen molar-refractivity contribution in [3.05, 3.63) is 76.7 Å². The topological polar surface area (TPSA) is 209 Å². The Bertz CT molecular complexity index is 1490. The first-order chi connectivity index (χ1) is 18.1. The Balaban J connectivity index is 1.67. The predicted molar refractivity (Wildman–Crippen MR) is 138 cm³/mol. The number of aromatic nitrogens is 1. The fourth-order valence-electron chi connectivity index (χ4n) is 3.41. The number of hydrogen-bond acceptors (Lipinski definition) is 6. The molecule has 3 rings (SSSR count). The largest absolute Gasteiger partial charge is 0.493 e. The minimum Gasteiger partial charge on any atom is -0.493 e. The Hall–Kier alpha value is -4.43.